The summed E-state index contributed by atoms with van der Waals surface area (Å²) in [5, 5.41) is 22.6. The van der Waals surface area contributed by atoms with Crippen molar-refractivity contribution in [2.24, 2.45) is 5.11 Å². The van der Waals surface area contributed by atoms with Crippen LogP contribution in [0.5, 0.6) is 11.5 Å². The first-order chi connectivity index (χ1) is 7.33. The molecule has 0 saturated heterocycles. The average Bonchev–Trinajstić information content (AvgIpc) is 2.28. The summed E-state index contributed by atoms with van der Waals surface area (Å²) in [5.41, 5.74) is 0.175. The molecule has 0 amide bonds. The second kappa shape index (κ2) is 3.84. The van der Waals surface area contributed by atoms with E-state index in [0.717, 1.165) is 0 Å². The van der Waals surface area contributed by atoms with Gasteiger partial charge in [-0.1, -0.05) is 6.07 Å². The molecule has 0 aliphatic carbocycles. The lowest BCUT2D eigenvalue weighted by Crippen LogP contribution is -2.16. The number of benzene rings is 1. The molecule has 0 unspecified atom stereocenters. The maximum Gasteiger partial charge on any atom is 0.291 e. The number of azo groups is 1. The third kappa shape index (κ3) is 1.67. The number of nitriles is 1. The summed E-state index contributed by atoms with van der Waals surface area (Å²) in [7, 11) is 0. The van der Waals surface area contributed by atoms with Gasteiger partial charge in [-0.2, -0.15) is 5.26 Å². The van der Waals surface area contributed by atoms with Crippen molar-refractivity contribution in [3.8, 4) is 17.7 Å². The van der Waals surface area contributed by atoms with Gasteiger partial charge in [0.2, 0.25) is 5.75 Å². The second-order valence-corrected chi connectivity index (χ2v) is 2.77. The lowest BCUT2D eigenvalue weighted by atomic mass is 10.2. The third-order valence-electron chi connectivity index (χ3n) is 1.89. The van der Waals surface area contributed by atoms with Crippen molar-refractivity contribution in [2.45, 2.75) is 0 Å². The Morgan fingerprint density at radius 3 is 3.00 bits per heavy atom. The highest BCUT2D eigenvalue weighted by Crippen LogP contribution is 2.38. The van der Waals surface area contributed by atoms with Crippen molar-refractivity contribution in [1.82, 2.24) is 0 Å². The molecule has 1 aromatic rings. The van der Waals surface area contributed by atoms with Crippen molar-refractivity contribution in [3.63, 3.8) is 0 Å². The zero-order chi connectivity index (χ0) is 10.7. The standard InChI is InChI=1S/C9H7N3O3/c10-6-11-12(13)7-2-1-3-8-9(7)15-5-4-14-8/h1-3H,4-5H2. The minimum atomic E-state index is 0.175. The molecule has 0 atom stereocenters. The average molecular weight is 205 g/mol. The van der Waals surface area contributed by atoms with E-state index in [4.69, 9.17) is 14.7 Å². The molecule has 1 aliphatic rings. The Hall–Kier alpha value is -2.29. The lowest BCUT2D eigenvalue weighted by Gasteiger charge is -2.18. The first-order valence-electron chi connectivity index (χ1n) is 4.28. The molecule has 6 nitrogen and oxygen atoms in total. The van der Waals surface area contributed by atoms with Crippen molar-refractivity contribution in [2.75, 3.05) is 13.2 Å². The quantitative estimate of drug-likeness (QED) is 0.301. The van der Waals surface area contributed by atoms with E-state index >= 15 is 0 Å². The van der Waals surface area contributed by atoms with Crippen LogP contribution in [0.1, 0.15) is 0 Å². The highest BCUT2D eigenvalue weighted by molar-refractivity contribution is 5.56. The van der Waals surface area contributed by atoms with Gasteiger partial charge in [0.25, 0.3) is 11.9 Å². The van der Waals surface area contributed by atoms with Gasteiger partial charge in [0.1, 0.15) is 13.2 Å². The normalized spacial score (nSPS) is 14.5. The molecule has 2 rings (SSSR count). The summed E-state index contributed by atoms with van der Waals surface area (Å²) in [6.07, 6.45) is 1.41. The summed E-state index contributed by atoms with van der Waals surface area (Å²) in [6.45, 7) is 0.828. The number of ether oxygens (including phenoxy) is 2. The van der Waals surface area contributed by atoms with Gasteiger partial charge in [-0.15, -0.1) is 0 Å². The van der Waals surface area contributed by atoms with Crippen LogP contribution in [0.25, 0.3) is 0 Å². The highest BCUT2D eigenvalue weighted by atomic mass is 16.6. The smallest absolute Gasteiger partial charge is 0.291 e. The van der Waals surface area contributed by atoms with Gasteiger partial charge in [0, 0.05) is 6.07 Å². The van der Waals surface area contributed by atoms with Crippen LogP contribution in [0, 0.1) is 16.7 Å². The van der Waals surface area contributed by atoms with Gasteiger partial charge < -0.3 is 14.7 Å². The molecular weight excluding hydrogens is 198 g/mol. The van der Waals surface area contributed by atoms with E-state index in [1.807, 2.05) is 0 Å². The zero-order valence-electron chi connectivity index (χ0n) is 7.71. The van der Waals surface area contributed by atoms with Gasteiger partial charge in [0.05, 0.1) is 5.11 Å². The number of rotatable bonds is 1. The Labute approximate surface area is 85.5 Å². The van der Waals surface area contributed by atoms with Crippen LogP contribution < -0.4 is 9.47 Å². The van der Waals surface area contributed by atoms with E-state index in [-0.39, 0.29) is 10.5 Å². The number of fused-ring (bicyclic) bond motifs is 1. The van der Waals surface area contributed by atoms with Crippen LogP contribution in [0.2, 0.25) is 0 Å². The molecule has 0 saturated carbocycles. The van der Waals surface area contributed by atoms with E-state index in [0.29, 0.717) is 24.7 Å². The molecule has 0 N–H and O–H groups in total. The van der Waals surface area contributed by atoms with Crippen LogP contribution in [-0.4, -0.2) is 18.1 Å². The van der Waals surface area contributed by atoms with Crippen molar-refractivity contribution < 1.29 is 14.3 Å². The zero-order valence-corrected chi connectivity index (χ0v) is 7.71. The fourth-order valence-electron chi connectivity index (χ4n) is 1.30. The van der Waals surface area contributed by atoms with Crippen LogP contribution in [-0.2, 0) is 0 Å². The Kier molecular flexibility index (Phi) is 2.37. The van der Waals surface area contributed by atoms with Crippen LogP contribution >= 0.6 is 0 Å². The Balaban J connectivity index is 2.49. The van der Waals surface area contributed by atoms with Crippen molar-refractivity contribution in [3.05, 3.63) is 23.4 Å². The number of hydrogen-bond donors (Lipinski definition) is 0. The fourth-order valence-corrected chi connectivity index (χ4v) is 1.30. The third-order valence-corrected chi connectivity index (χ3v) is 1.89. The van der Waals surface area contributed by atoms with Gasteiger partial charge in [-0.25, -0.2) is 0 Å². The van der Waals surface area contributed by atoms with Crippen molar-refractivity contribution >= 4 is 5.69 Å². The second-order valence-electron chi connectivity index (χ2n) is 2.77. The molecule has 0 spiro atoms. The molecule has 0 bridgehead atoms. The molecular formula is C9H7N3O3. The molecule has 15 heavy (non-hydrogen) atoms. The summed E-state index contributed by atoms with van der Waals surface area (Å²) < 4.78 is 10.6. The molecule has 0 fully saturated rings. The molecule has 0 radical (unpaired) electrons. The van der Waals surface area contributed by atoms with Crippen LogP contribution in [0.3, 0.4) is 0 Å². The van der Waals surface area contributed by atoms with Gasteiger partial charge in [-0.05, 0) is 10.9 Å². The maximum atomic E-state index is 11.3. The summed E-state index contributed by atoms with van der Waals surface area (Å²) in [4.78, 5) is 0.216. The van der Waals surface area contributed by atoms with Crippen molar-refractivity contribution in [1.29, 1.82) is 5.26 Å². The minimum Gasteiger partial charge on any atom is -0.593 e. The highest BCUT2D eigenvalue weighted by Gasteiger charge is 2.21. The van der Waals surface area contributed by atoms with E-state index < -0.39 is 0 Å². The van der Waals surface area contributed by atoms with Gasteiger partial charge >= 0.3 is 0 Å². The van der Waals surface area contributed by atoms with Gasteiger partial charge in [0.15, 0.2) is 5.75 Å². The van der Waals surface area contributed by atoms with Crippen LogP contribution in [0.4, 0.5) is 5.69 Å². The first kappa shape index (κ1) is 9.27. The van der Waals surface area contributed by atoms with E-state index in [1.54, 1.807) is 12.1 Å². The Bertz CT molecular complexity index is 450. The summed E-state index contributed by atoms with van der Waals surface area (Å²) in [6, 6.07) is 4.85. The summed E-state index contributed by atoms with van der Waals surface area (Å²) in [5.74, 6) is 0.825. The summed E-state index contributed by atoms with van der Waals surface area (Å²) >= 11 is 0. The predicted octanol–water partition coefficient (Wildman–Crippen LogP) is 1.53. The van der Waals surface area contributed by atoms with E-state index in [9.17, 15) is 5.21 Å². The molecule has 1 heterocycles. The first-order valence-corrected chi connectivity index (χ1v) is 4.28. The molecule has 76 valence electrons. The number of hydrogen-bond acceptors (Lipinski definition) is 5. The number of nitrogens with zero attached hydrogens (tertiary/aromatic N) is 3. The monoisotopic (exact) mass is 205 g/mol. The SMILES string of the molecule is N#CN=[N+]([O-])c1cccc2c1OCCO2. The molecule has 1 aromatic carbocycles. The fraction of sp³-hybridized carbons (Fsp3) is 0.222. The Morgan fingerprint density at radius 1 is 1.40 bits per heavy atom. The maximum absolute atomic E-state index is 11.3. The predicted molar refractivity (Wildman–Crippen MR) is 48.8 cm³/mol. The largest absolute Gasteiger partial charge is 0.593 e. The molecule has 0 aromatic heterocycles. The molecule has 1 aliphatic heterocycles. The van der Waals surface area contributed by atoms with E-state index in [2.05, 4.69) is 5.11 Å². The minimum absolute atomic E-state index is 0.175. The van der Waals surface area contributed by atoms with Crippen LogP contribution in [0.15, 0.2) is 23.3 Å². The Morgan fingerprint density at radius 2 is 2.20 bits per heavy atom. The lowest BCUT2D eigenvalue weighted by molar-refractivity contribution is -0.436. The van der Waals surface area contributed by atoms with Gasteiger partial charge in [-0.3, -0.25) is 0 Å². The topological polar surface area (TPSA) is 80.7 Å². The van der Waals surface area contributed by atoms with E-state index in [1.165, 1.54) is 12.3 Å². The number of para-hydroxylation sites is 1. The molecule has 6 heteroatoms.